The van der Waals surface area contributed by atoms with Crippen molar-refractivity contribution in [2.75, 3.05) is 7.05 Å². The van der Waals surface area contributed by atoms with Gasteiger partial charge in [-0.1, -0.05) is 54.6 Å². The number of benzene rings is 3. The lowest BCUT2D eigenvalue weighted by Gasteiger charge is -2.17. The van der Waals surface area contributed by atoms with Gasteiger partial charge in [0.15, 0.2) is 0 Å². The van der Waals surface area contributed by atoms with Crippen molar-refractivity contribution in [1.82, 2.24) is 5.32 Å². The van der Waals surface area contributed by atoms with Crippen LogP contribution in [0.3, 0.4) is 0 Å². The van der Waals surface area contributed by atoms with E-state index in [0.29, 0.717) is 17.5 Å². The molecule has 2 N–H and O–H groups in total. The molecule has 0 spiro atoms. The fraction of sp³-hybridized carbons (Fsp3) is 0.217. The summed E-state index contributed by atoms with van der Waals surface area (Å²) in [6.07, 6.45) is -0.0824. The van der Waals surface area contributed by atoms with Gasteiger partial charge >= 0.3 is 0 Å². The summed E-state index contributed by atoms with van der Waals surface area (Å²) >= 11 is 0. The Bertz CT molecular complexity index is 843. The zero-order chi connectivity index (χ0) is 19.3. The van der Waals surface area contributed by atoms with Gasteiger partial charge in [0.05, 0.1) is 6.10 Å². The molecule has 0 amide bonds. The summed E-state index contributed by atoms with van der Waals surface area (Å²) in [6.45, 7) is 0.959. The number of hydrogen-bond acceptors (Lipinski definition) is 2. The first kappa shape index (κ1) is 22.0. The van der Waals surface area contributed by atoms with Crippen molar-refractivity contribution in [2.24, 2.45) is 0 Å². The Labute approximate surface area is 170 Å². The van der Waals surface area contributed by atoms with Gasteiger partial charge in [-0.05, 0) is 54.4 Å². The molecule has 1 atom stereocenters. The largest absolute Gasteiger partial charge is 0.392 e. The molecule has 148 valence electrons. The minimum atomic E-state index is -0.649. The molecular formula is C23H24ClF2NO. The normalized spacial score (nSPS) is 16.4. The van der Waals surface area contributed by atoms with Crippen LogP contribution in [0.25, 0.3) is 0 Å². The Hall–Kier alpha value is -2.27. The third-order valence-corrected chi connectivity index (χ3v) is 4.83. The van der Waals surface area contributed by atoms with Gasteiger partial charge in [-0.15, -0.1) is 12.4 Å². The Balaban J connectivity index is 0.000000239. The number of hydrogen-bond donors (Lipinski definition) is 2. The van der Waals surface area contributed by atoms with E-state index in [1.165, 1.54) is 29.8 Å². The number of aliphatic hydroxyl groups excluding tert-OH is 1. The van der Waals surface area contributed by atoms with Crippen LogP contribution in [0.5, 0.6) is 0 Å². The molecule has 28 heavy (non-hydrogen) atoms. The van der Waals surface area contributed by atoms with Gasteiger partial charge in [0.1, 0.15) is 11.6 Å². The summed E-state index contributed by atoms with van der Waals surface area (Å²) in [7, 11) is 1.95. The van der Waals surface area contributed by atoms with Crippen LogP contribution in [0.1, 0.15) is 23.1 Å². The highest BCUT2D eigenvalue weighted by Gasteiger charge is 2.56. The third kappa shape index (κ3) is 4.96. The quantitative estimate of drug-likeness (QED) is 0.653. The lowest BCUT2D eigenvalue weighted by molar-refractivity contribution is 0.257. The van der Waals surface area contributed by atoms with Gasteiger partial charge in [-0.25, -0.2) is 8.78 Å². The van der Waals surface area contributed by atoms with E-state index in [4.69, 9.17) is 0 Å². The predicted molar refractivity (Wildman–Crippen MR) is 111 cm³/mol. The highest BCUT2D eigenvalue weighted by Crippen LogP contribution is 2.53. The van der Waals surface area contributed by atoms with Crippen molar-refractivity contribution in [1.29, 1.82) is 0 Å². The lowest BCUT2D eigenvalue weighted by atomic mass is 9.87. The van der Waals surface area contributed by atoms with Gasteiger partial charge in [-0.2, -0.15) is 0 Å². The fourth-order valence-corrected chi connectivity index (χ4v) is 3.37. The molecule has 1 aliphatic carbocycles. The number of rotatable bonds is 4. The topological polar surface area (TPSA) is 32.3 Å². The summed E-state index contributed by atoms with van der Waals surface area (Å²) in [5, 5.41) is 13.0. The summed E-state index contributed by atoms with van der Waals surface area (Å²) in [4.78, 5) is 0. The molecule has 2 nitrogen and oxygen atoms in total. The molecule has 4 rings (SSSR count). The van der Waals surface area contributed by atoms with Crippen LogP contribution in [-0.2, 0) is 12.0 Å². The van der Waals surface area contributed by atoms with Gasteiger partial charge in [0, 0.05) is 12.0 Å². The molecule has 0 aromatic heterocycles. The number of nitrogens with one attached hydrogen (secondary N) is 1. The lowest BCUT2D eigenvalue weighted by Crippen LogP contribution is -2.15. The maximum atomic E-state index is 13.3. The zero-order valence-electron chi connectivity index (χ0n) is 15.6. The van der Waals surface area contributed by atoms with E-state index >= 15 is 0 Å². The monoisotopic (exact) mass is 403 g/mol. The highest BCUT2D eigenvalue weighted by atomic mass is 35.5. The summed E-state index contributed by atoms with van der Waals surface area (Å²) < 4.78 is 26.6. The van der Waals surface area contributed by atoms with Crippen LogP contribution in [0, 0.1) is 11.6 Å². The molecule has 1 fully saturated rings. The van der Waals surface area contributed by atoms with Gasteiger partial charge in [0.25, 0.3) is 0 Å². The van der Waals surface area contributed by atoms with E-state index < -0.39 is 11.5 Å². The Kier molecular flexibility index (Phi) is 7.69. The number of aliphatic hydroxyl groups is 1. The standard InChI is InChI=1S/C15H12F2O.C8H11N.ClH/c16-12-5-1-3-10(7-12)15(9-14(15)18)11-4-2-6-13(17)8-11;1-9-7-8-5-3-2-4-6-8;/h1-8,14,18H,9H2;2-6,9H,7H2,1H3;1H. The van der Waals surface area contributed by atoms with Gasteiger partial charge < -0.3 is 10.4 Å². The van der Waals surface area contributed by atoms with E-state index in [0.717, 1.165) is 6.54 Å². The smallest absolute Gasteiger partial charge is 0.123 e. The molecule has 0 radical (unpaired) electrons. The molecule has 3 aromatic carbocycles. The highest BCUT2D eigenvalue weighted by molar-refractivity contribution is 5.85. The van der Waals surface area contributed by atoms with Crippen molar-refractivity contribution in [3.8, 4) is 0 Å². The van der Waals surface area contributed by atoms with Crippen molar-refractivity contribution < 1.29 is 13.9 Å². The molecule has 0 saturated heterocycles. The fourth-order valence-electron chi connectivity index (χ4n) is 3.37. The van der Waals surface area contributed by atoms with Crippen LogP contribution in [0.2, 0.25) is 0 Å². The Morgan fingerprint density at radius 2 is 1.39 bits per heavy atom. The van der Waals surface area contributed by atoms with E-state index in [9.17, 15) is 13.9 Å². The molecule has 1 unspecified atom stereocenters. The summed E-state index contributed by atoms with van der Waals surface area (Å²) in [6, 6.07) is 22.6. The molecule has 5 heteroatoms. The SMILES string of the molecule is CNCc1ccccc1.Cl.OC1CC1(c1cccc(F)c1)c1cccc(F)c1. The van der Waals surface area contributed by atoms with Crippen molar-refractivity contribution >= 4 is 12.4 Å². The van der Waals surface area contributed by atoms with Crippen molar-refractivity contribution in [2.45, 2.75) is 24.5 Å². The van der Waals surface area contributed by atoms with Crippen LogP contribution >= 0.6 is 12.4 Å². The first-order valence-electron chi connectivity index (χ1n) is 8.95. The third-order valence-electron chi connectivity index (χ3n) is 4.83. The van der Waals surface area contributed by atoms with Crippen LogP contribution < -0.4 is 5.32 Å². The molecule has 1 saturated carbocycles. The molecular weight excluding hydrogens is 380 g/mol. The average molecular weight is 404 g/mol. The molecule has 3 aromatic rings. The minimum Gasteiger partial charge on any atom is -0.392 e. The average Bonchev–Trinajstić information content (AvgIpc) is 3.36. The van der Waals surface area contributed by atoms with Crippen LogP contribution in [0.4, 0.5) is 8.78 Å². The van der Waals surface area contributed by atoms with Gasteiger partial charge in [-0.3, -0.25) is 0 Å². The Morgan fingerprint density at radius 1 is 0.893 bits per heavy atom. The minimum absolute atomic E-state index is 0. The molecule has 0 heterocycles. The molecule has 0 aliphatic heterocycles. The number of halogens is 3. The maximum Gasteiger partial charge on any atom is 0.123 e. The zero-order valence-corrected chi connectivity index (χ0v) is 16.4. The van der Waals surface area contributed by atoms with Gasteiger partial charge in [0.2, 0.25) is 0 Å². The first-order valence-corrected chi connectivity index (χ1v) is 8.95. The summed E-state index contributed by atoms with van der Waals surface area (Å²) in [5.74, 6) is -0.690. The first-order chi connectivity index (χ1) is 13.1. The van der Waals surface area contributed by atoms with Crippen molar-refractivity contribution in [3.05, 3.63) is 107 Å². The second-order valence-corrected chi connectivity index (χ2v) is 6.73. The maximum absolute atomic E-state index is 13.3. The predicted octanol–water partition coefficient (Wildman–Crippen LogP) is 4.84. The van der Waals surface area contributed by atoms with E-state index in [1.807, 2.05) is 25.2 Å². The molecule has 0 bridgehead atoms. The van der Waals surface area contributed by atoms with Crippen LogP contribution in [0.15, 0.2) is 78.9 Å². The second-order valence-electron chi connectivity index (χ2n) is 6.73. The van der Waals surface area contributed by atoms with E-state index in [2.05, 4.69) is 17.4 Å². The second kappa shape index (κ2) is 9.78. The molecule has 1 aliphatic rings. The Morgan fingerprint density at radius 3 is 1.79 bits per heavy atom. The van der Waals surface area contributed by atoms with E-state index in [-0.39, 0.29) is 24.0 Å². The van der Waals surface area contributed by atoms with Crippen LogP contribution in [-0.4, -0.2) is 18.3 Å². The van der Waals surface area contributed by atoms with Crippen molar-refractivity contribution in [3.63, 3.8) is 0 Å². The summed E-state index contributed by atoms with van der Waals surface area (Å²) in [5.41, 5.74) is 2.07. The van der Waals surface area contributed by atoms with E-state index in [1.54, 1.807) is 24.3 Å².